The maximum Gasteiger partial charge on any atom is 0.252 e. The van der Waals surface area contributed by atoms with Crippen LogP contribution in [0.1, 0.15) is 58.8 Å². The number of aliphatic hydroxyl groups is 1. The predicted molar refractivity (Wildman–Crippen MR) is 74.3 cm³/mol. The molecule has 0 bridgehead atoms. The Balaban J connectivity index is 1.84. The average Bonchev–Trinajstić information content (AvgIpc) is 2.67. The first-order chi connectivity index (χ1) is 9.11. The third kappa shape index (κ3) is 2.03. The van der Waals surface area contributed by atoms with Gasteiger partial charge in [-0.25, -0.2) is 0 Å². The third-order valence-electron chi connectivity index (χ3n) is 5.60. The Hall–Kier alpha value is -0.830. The summed E-state index contributed by atoms with van der Waals surface area (Å²) in [5.74, 6) is 1.28. The SMILES string of the molecule is CC1CCCC(N2C(=O)C3=C(CCCC3)C2O)C1C. The number of nitrogens with zero attached hydrogens (tertiary/aromatic N) is 1. The molecule has 0 spiro atoms. The Bertz CT molecular complexity index is 415. The van der Waals surface area contributed by atoms with Crippen LogP contribution in [0, 0.1) is 11.8 Å². The van der Waals surface area contributed by atoms with Gasteiger partial charge in [-0.15, -0.1) is 0 Å². The maximum absolute atomic E-state index is 12.6. The first kappa shape index (κ1) is 13.2. The van der Waals surface area contributed by atoms with Gasteiger partial charge in [-0.05, 0) is 49.5 Å². The van der Waals surface area contributed by atoms with Crippen molar-refractivity contribution in [2.24, 2.45) is 11.8 Å². The van der Waals surface area contributed by atoms with E-state index in [1.165, 1.54) is 12.8 Å². The van der Waals surface area contributed by atoms with E-state index < -0.39 is 6.23 Å². The van der Waals surface area contributed by atoms with E-state index in [-0.39, 0.29) is 11.9 Å². The summed E-state index contributed by atoms with van der Waals surface area (Å²) < 4.78 is 0. The molecule has 0 aromatic rings. The Kier molecular flexibility index (Phi) is 3.42. The van der Waals surface area contributed by atoms with Crippen molar-refractivity contribution in [2.45, 2.75) is 71.1 Å². The van der Waals surface area contributed by atoms with Crippen LogP contribution in [0.4, 0.5) is 0 Å². The molecule has 0 saturated heterocycles. The number of carbonyl (C=O) groups is 1. The fourth-order valence-corrected chi connectivity index (χ4v) is 4.17. The number of carbonyl (C=O) groups excluding carboxylic acids is 1. The molecule has 1 fully saturated rings. The standard InChI is InChI=1S/C16H25NO2/c1-10-6-5-9-14(11(10)2)17-15(18)12-7-3-4-8-13(12)16(17)19/h10-11,14-15,18H,3-9H2,1-2H3. The van der Waals surface area contributed by atoms with Gasteiger partial charge in [0.05, 0.1) is 0 Å². The Morgan fingerprint density at radius 2 is 1.84 bits per heavy atom. The average molecular weight is 263 g/mol. The molecule has 1 saturated carbocycles. The topological polar surface area (TPSA) is 40.5 Å². The van der Waals surface area contributed by atoms with Crippen LogP contribution in [0.15, 0.2) is 11.1 Å². The van der Waals surface area contributed by atoms with Gasteiger partial charge in [-0.1, -0.05) is 26.7 Å². The molecular formula is C16H25NO2. The van der Waals surface area contributed by atoms with Crippen LogP contribution in [-0.4, -0.2) is 28.2 Å². The fourth-order valence-electron chi connectivity index (χ4n) is 4.17. The lowest BCUT2D eigenvalue weighted by molar-refractivity contribution is -0.139. The first-order valence-corrected chi connectivity index (χ1v) is 7.84. The molecule has 19 heavy (non-hydrogen) atoms. The van der Waals surface area contributed by atoms with Crippen molar-refractivity contribution in [3.8, 4) is 0 Å². The Morgan fingerprint density at radius 1 is 1.11 bits per heavy atom. The van der Waals surface area contributed by atoms with Crippen LogP contribution in [0.2, 0.25) is 0 Å². The number of hydrogen-bond donors (Lipinski definition) is 1. The molecule has 4 atom stereocenters. The van der Waals surface area contributed by atoms with Gasteiger partial charge < -0.3 is 10.0 Å². The van der Waals surface area contributed by atoms with Crippen LogP contribution >= 0.6 is 0 Å². The van der Waals surface area contributed by atoms with Crippen LogP contribution in [0.3, 0.4) is 0 Å². The van der Waals surface area contributed by atoms with Gasteiger partial charge in [0.2, 0.25) is 0 Å². The minimum absolute atomic E-state index is 0.133. The molecule has 3 nitrogen and oxygen atoms in total. The predicted octanol–water partition coefficient (Wildman–Crippen LogP) is 2.84. The Labute approximate surface area is 115 Å². The molecule has 0 aromatic carbocycles. The quantitative estimate of drug-likeness (QED) is 0.790. The van der Waals surface area contributed by atoms with Crippen LogP contribution in [0.25, 0.3) is 0 Å². The molecular weight excluding hydrogens is 238 g/mol. The van der Waals surface area contributed by atoms with E-state index >= 15 is 0 Å². The summed E-state index contributed by atoms with van der Waals surface area (Å²) >= 11 is 0. The molecule has 3 aliphatic rings. The molecule has 1 N–H and O–H groups in total. The second kappa shape index (κ2) is 4.93. The van der Waals surface area contributed by atoms with Crippen molar-refractivity contribution < 1.29 is 9.90 Å². The summed E-state index contributed by atoms with van der Waals surface area (Å²) in [5, 5.41) is 10.6. The van der Waals surface area contributed by atoms with Crippen molar-refractivity contribution in [3.63, 3.8) is 0 Å². The van der Waals surface area contributed by atoms with Gasteiger partial charge in [-0.3, -0.25) is 4.79 Å². The van der Waals surface area contributed by atoms with Gasteiger partial charge in [0.25, 0.3) is 5.91 Å². The number of hydrogen-bond acceptors (Lipinski definition) is 2. The molecule has 3 rings (SSSR count). The van der Waals surface area contributed by atoms with Crippen molar-refractivity contribution in [3.05, 3.63) is 11.1 Å². The maximum atomic E-state index is 12.6. The number of rotatable bonds is 1. The molecule has 2 aliphatic carbocycles. The number of aliphatic hydroxyl groups excluding tert-OH is 1. The highest BCUT2D eigenvalue weighted by Crippen LogP contribution is 2.41. The molecule has 4 unspecified atom stereocenters. The van der Waals surface area contributed by atoms with Crippen molar-refractivity contribution in [1.29, 1.82) is 0 Å². The van der Waals surface area contributed by atoms with E-state index in [4.69, 9.17) is 0 Å². The summed E-state index contributed by atoms with van der Waals surface area (Å²) in [7, 11) is 0. The summed E-state index contributed by atoms with van der Waals surface area (Å²) in [6, 6.07) is 0.233. The summed E-state index contributed by atoms with van der Waals surface area (Å²) in [6.45, 7) is 4.52. The molecule has 0 aromatic heterocycles. The van der Waals surface area contributed by atoms with Gasteiger partial charge >= 0.3 is 0 Å². The summed E-state index contributed by atoms with van der Waals surface area (Å²) in [4.78, 5) is 14.4. The van der Waals surface area contributed by atoms with E-state index in [1.807, 2.05) is 4.90 Å². The van der Waals surface area contributed by atoms with Crippen LogP contribution in [-0.2, 0) is 4.79 Å². The van der Waals surface area contributed by atoms with E-state index in [0.29, 0.717) is 11.8 Å². The Morgan fingerprint density at radius 3 is 2.58 bits per heavy atom. The van der Waals surface area contributed by atoms with Crippen molar-refractivity contribution >= 4 is 5.91 Å². The minimum Gasteiger partial charge on any atom is -0.369 e. The molecule has 3 heteroatoms. The highest BCUT2D eigenvalue weighted by molar-refractivity contribution is 5.97. The van der Waals surface area contributed by atoms with Crippen molar-refractivity contribution in [1.82, 2.24) is 4.90 Å². The lowest BCUT2D eigenvalue weighted by atomic mass is 9.77. The van der Waals surface area contributed by atoms with Gasteiger partial charge in [0.1, 0.15) is 0 Å². The molecule has 106 valence electrons. The van der Waals surface area contributed by atoms with Gasteiger partial charge in [0.15, 0.2) is 6.23 Å². The largest absolute Gasteiger partial charge is 0.369 e. The lowest BCUT2D eigenvalue weighted by Gasteiger charge is -2.41. The van der Waals surface area contributed by atoms with Gasteiger partial charge in [-0.2, -0.15) is 0 Å². The molecule has 0 radical (unpaired) electrons. The molecule has 1 heterocycles. The van der Waals surface area contributed by atoms with E-state index in [0.717, 1.165) is 43.3 Å². The third-order valence-corrected chi connectivity index (χ3v) is 5.60. The zero-order chi connectivity index (χ0) is 13.6. The van der Waals surface area contributed by atoms with Crippen LogP contribution < -0.4 is 0 Å². The van der Waals surface area contributed by atoms with E-state index in [1.54, 1.807) is 0 Å². The monoisotopic (exact) mass is 263 g/mol. The van der Waals surface area contributed by atoms with E-state index in [2.05, 4.69) is 13.8 Å². The zero-order valence-electron chi connectivity index (χ0n) is 12.1. The molecule has 1 amide bonds. The fraction of sp³-hybridized carbons (Fsp3) is 0.812. The second-order valence-electron chi connectivity index (χ2n) is 6.63. The van der Waals surface area contributed by atoms with Crippen molar-refractivity contribution in [2.75, 3.05) is 0 Å². The summed E-state index contributed by atoms with van der Waals surface area (Å²) in [6.07, 6.45) is 6.86. The van der Waals surface area contributed by atoms with Gasteiger partial charge in [0, 0.05) is 11.6 Å². The van der Waals surface area contributed by atoms with E-state index in [9.17, 15) is 9.90 Å². The highest BCUT2D eigenvalue weighted by atomic mass is 16.3. The number of amides is 1. The second-order valence-corrected chi connectivity index (χ2v) is 6.63. The summed E-state index contributed by atoms with van der Waals surface area (Å²) in [5.41, 5.74) is 1.96. The first-order valence-electron chi connectivity index (χ1n) is 7.84. The smallest absolute Gasteiger partial charge is 0.252 e. The minimum atomic E-state index is -0.624. The van der Waals surface area contributed by atoms with Crippen LogP contribution in [0.5, 0.6) is 0 Å². The lowest BCUT2D eigenvalue weighted by Crippen LogP contribution is -2.49. The molecule has 1 aliphatic heterocycles. The normalized spacial score (nSPS) is 39.7. The highest BCUT2D eigenvalue weighted by Gasteiger charge is 2.44. The zero-order valence-corrected chi connectivity index (χ0v) is 12.1.